The second-order valence-corrected chi connectivity index (χ2v) is 15.6. The summed E-state index contributed by atoms with van der Waals surface area (Å²) in [5.74, 6) is 0. The van der Waals surface area contributed by atoms with Crippen molar-refractivity contribution in [2.45, 2.75) is 5.41 Å². The maximum absolute atomic E-state index is 5.35. The number of fused-ring (bicyclic) bond motifs is 9. The van der Waals surface area contributed by atoms with Gasteiger partial charge in [0.1, 0.15) is 0 Å². The van der Waals surface area contributed by atoms with Gasteiger partial charge in [-0.3, -0.25) is 0 Å². The average molecular weight is 749 g/mol. The molecule has 2 heteroatoms. The standard InChI is InChI=1S/C57H36N2/c1-4-14-37(15-5-1)52-34-28-38-24-25-39-29-35-53(59-56(39)55(38)58-52)49-33-32-44(46-20-10-11-21-47(46)49)40-26-30-45-41(36-40)27-31-50-48-22-12-13-23-51(48)57(54(45)50,42-16-6-2-7-17-42)43-18-8-3-9-19-43/h1-36H. The molecule has 2 nitrogen and oxygen atoms in total. The zero-order valence-corrected chi connectivity index (χ0v) is 32.2. The van der Waals surface area contributed by atoms with Crippen LogP contribution in [0.2, 0.25) is 0 Å². The van der Waals surface area contributed by atoms with Crippen LogP contribution >= 0.6 is 0 Å². The summed E-state index contributed by atoms with van der Waals surface area (Å²) in [5.41, 5.74) is 15.7. The van der Waals surface area contributed by atoms with Crippen molar-refractivity contribution in [3.8, 4) is 44.8 Å². The van der Waals surface area contributed by atoms with Gasteiger partial charge in [0.05, 0.1) is 27.8 Å². The van der Waals surface area contributed by atoms with Crippen molar-refractivity contribution in [2.75, 3.05) is 0 Å². The van der Waals surface area contributed by atoms with E-state index in [1.807, 2.05) is 6.07 Å². The number of hydrogen-bond acceptors (Lipinski definition) is 2. The van der Waals surface area contributed by atoms with Crippen LogP contribution in [0, 0.1) is 0 Å². The molecular weight excluding hydrogens is 713 g/mol. The van der Waals surface area contributed by atoms with Crippen molar-refractivity contribution < 1.29 is 0 Å². The highest BCUT2D eigenvalue weighted by molar-refractivity contribution is 6.09. The molecule has 0 radical (unpaired) electrons. The van der Waals surface area contributed by atoms with Gasteiger partial charge >= 0.3 is 0 Å². The van der Waals surface area contributed by atoms with Crippen molar-refractivity contribution in [3.63, 3.8) is 0 Å². The summed E-state index contributed by atoms with van der Waals surface area (Å²) in [6.07, 6.45) is 0. The minimum atomic E-state index is -0.458. The number of nitrogens with zero attached hydrogens (tertiary/aromatic N) is 2. The van der Waals surface area contributed by atoms with Crippen molar-refractivity contribution in [3.05, 3.63) is 241 Å². The number of rotatable bonds is 5. The van der Waals surface area contributed by atoms with Crippen LogP contribution in [0.5, 0.6) is 0 Å². The molecule has 274 valence electrons. The minimum Gasteiger partial charge on any atom is -0.245 e. The first-order valence-corrected chi connectivity index (χ1v) is 20.3. The fraction of sp³-hybridized carbons (Fsp3) is 0.0175. The second-order valence-electron chi connectivity index (χ2n) is 15.6. The molecule has 2 heterocycles. The smallest absolute Gasteiger partial charge is 0.0972 e. The Morgan fingerprint density at radius 2 is 0.831 bits per heavy atom. The Morgan fingerprint density at radius 3 is 1.54 bits per heavy atom. The zero-order chi connectivity index (χ0) is 38.9. The van der Waals surface area contributed by atoms with Gasteiger partial charge in [0, 0.05) is 21.9 Å². The second kappa shape index (κ2) is 13.2. The Bertz CT molecular complexity index is 3390. The molecule has 1 aliphatic rings. The van der Waals surface area contributed by atoms with E-state index >= 15 is 0 Å². The predicted octanol–water partition coefficient (Wildman–Crippen LogP) is 14.5. The molecule has 0 unspecified atom stereocenters. The Hall–Kier alpha value is -7.68. The highest BCUT2D eigenvalue weighted by Gasteiger charge is 2.46. The van der Waals surface area contributed by atoms with E-state index in [9.17, 15) is 0 Å². The maximum Gasteiger partial charge on any atom is 0.0972 e. The van der Waals surface area contributed by atoms with Crippen LogP contribution in [0.15, 0.2) is 218 Å². The molecule has 12 rings (SSSR count). The van der Waals surface area contributed by atoms with Crippen molar-refractivity contribution in [1.82, 2.24) is 9.97 Å². The van der Waals surface area contributed by atoms with E-state index in [0.29, 0.717) is 0 Å². The summed E-state index contributed by atoms with van der Waals surface area (Å²) in [7, 11) is 0. The first-order valence-electron chi connectivity index (χ1n) is 20.3. The largest absolute Gasteiger partial charge is 0.245 e. The first kappa shape index (κ1) is 33.5. The fourth-order valence-electron chi connectivity index (χ4n) is 9.91. The van der Waals surface area contributed by atoms with E-state index in [1.165, 1.54) is 66.1 Å². The van der Waals surface area contributed by atoms with Crippen LogP contribution < -0.4 is 0 Å². The summed E-state index contributed by atoms with van der Waals surface area (Å²) in [5, 5.41) is 7.03. The molecule has 0 fully saturated rings. The van der Waals surface area contributed by atoms with E-state index in [2.05, 4.69) is 212 Å². The fourth-order valence-corrected chi connectivity index (χ4v) is 9.91. The molecule has 0 aliphatic heterocycles. The number of hydrogen-bond donors (Lipinski definition) is 0. The SMILES string of the molecule is c1ccc(-c2ccc3ccc4ccc(-c5ccc(-c6ccc7c8c(ccc7c6)-c6ccccc6C8(c6ccccc6)c6ccccc6)c6ccccc56)nc4c3n2)cc1. The topological polar surface area (TPSA) is 25.8 Å². The van der Waals surface area contributed by atoms with Gasteiger partial charge in [0.25, 0.3) is 0 Å². The van der Waals surface area contributed by atoms with Gasteiger partial charge in [-0.1, -0.05) is 200 Å². The molecule has 11 aromatic rings. The highest BCUT2D eigenvalue weighted by atomic mass is 14.8. The molecular formula is C57H36N2. The molecule has 2 aromatic heterocycles. The minimum absolute atomic E-state index is 0.458. The van der Waals surface area contributed by atoms with Crippen molar-refractivity contribution in [1.29, 1.82) is 0 Å². The van der Waals surface area contributed by atoms with Crippen LogP contribution in [-0.4, -0.2) is 9.97 Å². The molecule has 0 saturated carbocycles. The summed E-state index contributed by atoms with van der Waals surface area (Å²) in [4.78, 5) is 10.5. The zero-order valence-electron chi connectivity index (χ0n) is 32.2. The van der Waals surface area contributed by atoms with Gasteiger partial charge in [-0.15, -0.1) is 0 Å². The van der Waals surface area contributed by atoms with Crippen LogP contribution in [0.1, 0.15) is 22.3 Å². The summed E-state index contributed by atoms with van der Waals surface area (Å²) >= 11 is 0. The maximum atomic E-state index is 5.35. The van der Waals surface area contributed by atoms with Crippen LogP contribution in [0.4, 0.5) is 0 Å². The van der Waals surface area contributed by atoms with Gasteiger partial charge < -0.3 is 0 Å². The van der Waals surface area contributed by atoms with E-state index < -0.39 is 5.41 Å². The lowest BCUT2D eigenvalue weighted by Gasteiger charge is -2.34. The molecule has 0 N–H and O–H groups in total. The van der Waals surface area contributed by atoms with Gasteiger partial charge in [0.2, 0.25) is 0 Å². The van der Waals surface area contributed by atoms with E-state index in [4.69, 9.17) is 9.97 Å². The molecule has 0 bridgehead atoms. The Labute approximate surface area is 342 Å². The number of benzene rings is 9. The third-order valence-corrected chi connectivity index (χ3v) is 12.5. The number of pyridine rings is 2. The van der Waals surface area contributed by atoms with E-state index in [-0.39, 0.29) is 0 Å². The highest BCUT2D eigenvalue weighted by Crippen LogP contribution is 2.58. The molecule has 0 atom stereocenters. The van der Waals surface area contributed by atoms with Gasteiger partial charge in [0.15, 0.2) is 0 Å². The summed E-state index contributed by atoms with van der Waals surface area (Å²) in [6.45, 7) is 0. The lowest BCUT2D eigenvalue weighted by molar-refractivity contribution is 0.775. The Kier molecular flexibility index (Phi) is 7.48. The molecule has 0 saturated heterocycles. The molecule has 59 heavy (non-hydrogen) atoms. The summed E-state index contributed by atoms with van der Waals surface area (Å²) in [6, 6.07) is 79.4. The predicted molar refractivity (Wildman–Crippen MR) is 246 cm³/mol. The van der Waals surface area contributed by atoms with Gasteiger partial charge in [-0.05, 0) is 84.3 Å². The quantitative estimate of drug-likeness (QED) is 0.164. The number of aromatic nitrogens is 2. The molecule has 9 aromatic carbocycles. The summed E-state index contributed by atoms with van der Waals surface area (Å²) < 4.78 is 0. The van der Waals surface area contributed by atoms with Gasteiger partial charge in [-0.2, -0.15) is 0 Å². The Morgan fingerprint density at radius 1 is 0.305 bits per heavy atom. The third kappa shape index (κ3) is 5.06. The van der Waals surface area contributed by atoms with Gasteiger partial charge in [-0.25, -0.2) is 9.97 Å². The lowest BCUT2D eigenvalue weighted by Crippen LogP contribution is -2.28. The van der Waals surface area contributed by atoms with E-state index in [0.717, 1.165) is 44.3 Å². The van der Waals surface area contributed by atoms with Crippen molar-refractivity contribution in [2.24, 2.45) is 0 Å². The van der Waals surface area contributed by atoms with Crippen molar-refractivity contribution >= 4 is 43.4 Å². The van der Waals surface area contributed by atoms with E-state index in [1.54, 1.807) is 0 Å². The molecule has 0 spiro atoms. The van der Waals surface area contributed by atoms with Crippen LogP contribution in [0.25, 0.3) is 88.1 Å². The molecule has 1 aliphatic carbocycles. The van der Waals surface area contributed by atoms with Crippen LogP contribution in [0.3, 0.4) is 0 Å². The first-order chi connectivity index (χ1) is 29.3. The monoisotopic (exact) mass is 748 g/mol. The average Bonchev–Trinajstić information content (AvgIpc) is 3.63. The van der Waals surface area contributed by atoms with Crippen LogP contribution in [-0.2, 0) is 5.41 Å². The lowest BCUT2D eigenvalue weighted by atomic mass is 9.66. The normalized spacial score (nSPS) is 12.9. The Balaban J connectivity index is 1.02. The molecule has 0 amide bonds. The third-order valence-electron chi connectivity index (χ3n) is 12.5.